The average Bonchev–Trinajstić information content (AvgIpc) is 2.42. The van der Waals surface area contributed by atoms with Crippen LogP contribution in [0.1, 0.15) is 50.7 Å². The van der Waals surface area contributed by atoms with Crippen LogP contribution in [0, 0.1) is 0 Å². The molecular formula is C16H25F3N2. The maximum atomic E-state index is 13.1. The van der Waals surface area contributed by atoms with E-state index in [9.17, 15) is 13.2 Å². The molecule has 0 aliphatic carbocycles. The third kappa shape index (κ3) is 5.96. The van der Waals surface area contributed by atoms with E-state index in [0.717, 1.165) is 44.8 Å². The third-order valence-electron chi connectivity index (χ3n) is 3.49. The Labute approximate surface area is 125 Å². The minimum Gasteiger partial charge on any atom is -0.399 e. The Morgan fingerprint density at radius 2 is 1.62 bits per heavy atom. The number of unbranched alkanes of at least 4 members (excludes halogenated alkanes) is 2. The van der Waals surface area contributed by atoms with Gasteiger partial charge in [-0.1, -0.05) is 32.8 Å². The second-order valence-corrected chi connectivity index (χ2v) is 5.40. The van der Waals surface area contributed by atoms with Gasteiger partial charge in [0.25, 0.3) is 0 Å². The normalized spacial score (nSPS) is 12.1. The summed E-state index contributed by atoms with van der Waals surface area (Å²) < 4.78 is 39.3. The standard InChI is InChI=1S/C16H25F3N2/c1-3-5-9-21(10-6-4-2)12-13-7-8-14(20)11-15(13)16(17,18)19/h7-8,11H,3-6,9-10,12,20H2,1-2H3. The largest absolute Gasteiger partial charge is 0.416 e. The number of benzene rings is 1. The van der Waals surface area contributed by atoms with Crippen LogP contribution in [0.5, 0.6) is 0 Å². The number of nitrogen functional groups attached to an aromatic ring is 1. The molecule has 0 atom stereocenters. The van der Waals surface area contributed by atoms with Crippen molar-refractivity contribution in [3.63, 3.8) is 0 Å². The molecule has 0 unspecified atom stereocenters. The molecule has 1 rings (SSSR count). The van der Waals surface area contributed by atoms with Crippen molar-refractivity contribution in [3.8, 4) is 0 Å². The molecule has 21 heavy (non-hydrogen) atoms. The lowest BCUT2D eigenvalue weighted by molar-refractivity contribution is -0.138. The van der Waals surface area contributed by atoms with Gasteiger partial charge < -0.3 is 5.73 Å². The van der Waals surface area contributed by atoms with Crippen LogP contribution < -0.4 is 5.73 Å². The Kier molecular flexibility index (Phi) is 7.02. The highest BCUT2D eigenvalue weighted by Crippen LogP contribution is 2.34. The van der Waals surface area contributed by atoms with Gasteiger partial charge in [0.1, 0.15) is 0 Å². The summed E-state index contributed by atoms with van der Waals surface area (Å²) in [6, 6.07) is 4.08. The molecule has 0 saturated carbocycles. The van der Waals surface area contributed by atoms with Crippen LogP contribution in [0.2, 0.25) is 0 Å². The number of hydrogen-bond donors (Lipinski definition) is 1. The van der Waals surface area contributed by atoms with Crippen LogP contribution in [0.15, 0.2) is 18.2 Å². The van der Waals surface area contributed by atoms with Crippen LogP contribution in [-0.2, 0) is 12.7 Å². The molecule has 120 valence electrons. The van der Waals surface area contributed by atoms with Gasteiger partial charge in [0.05, 0.1) is 5.56 Å². The van der Waals surface area contributed by atoms with Crippen molar-refractivity contribution in [1.82, 2.24) is 4.90 Å². The van der Waals surface area contributed by atoms with Gasteiger partial charge in [0.15, 0.2) is 0 Å². The van der Waals surface area contributed by atoms with Crippen molar-refractivity contribution in [2.75, 3.05) is 18.8 Å². The first-order valence-electron chi connectivity index (χ1n) is 7.56. The van der Waals surface area contributed by atoms with Gasteiger partial charge in [-0.3, -0.25) is 4.90 Å². The summed E-state index contributed by atoms with van der Waals surface area (Å²) in [5, 5.41) is 0. The Morgan fingerprint density at radius 1 is 1.05 bits per heavy atom. The van der Waals surface area contributed by atoms with Crippen LogP contribution >= 0.6 is 0 Å². The summed E-state index contributed by atoms with van der Waals surface area (Å²) in [5.41, 5.74) is 5.35. The Balaban J connectivity index is 2.91. The fraction of sp³-hybridized carbons (Fsp3) is 0.625. The summed E-state index contributed by atoms with van der Waals surface area (Å²) >= 11 is 0. The minimum absolute atomic E-state index is 0.153. The van der Waals surface area contributed by atoms with Gasteiger partial charge in [0, 0.05) is 12.2 Å². The number of nitrogens with two attached hydrogens (primary N) is 1. The van der Waals surface area contributed by atoms with E-state index in [1.54, 1.807) is 6.07 Å². The quantitative estimate of drug-likeness (QED) is 0.706. The lowest BCUT2D eigenvalue weighted by Crippen LogP contribution is -2.27. The van der Waals surface area contributed by atoms with Crippen LogP contribution in [0.25, 0.3) is 0 Å². The summed E-state index contributed by atoms with van der Waals surface area (Å²) in [6.07, 6.45) is -0.279. The lowest BCUT2D eigenvalue weighted by atomic mass is 10.0. The van der Waals surface area contributed by atoms with Crippen molar-refractivity contribution in [3.05, 3.63) is 29.3 Å². The molecule has 0 aliphatic rings. The summed E-state index contributed by atoms with van der Waals surface area (Å²) in [6.45, 7) is 6.16. The fourth-order valence-corrected chi connectivity index (χ4v) is 2.27. The Bertz CT molecular complexity index is 422. The molecule has 2 nitrogen and oxygen atoms in total. The van der Waals surface area contributed by atoms with Crippen molar-refractivity contribution >= 4 is 5.69 Å². The zero-order valence-electron chi connectivity index (χ0n) is 12.8. The van der Waals surface area contributed by atoms with Crippen molar-refractivity contribution < 1.29 is 13.2 Å². The maximum absolute atomic E-state index is 13.1. The monoisotopic (exact) mass is 302 g/mol. The Hall–Kier alpha value is -1.23. The van der Waals surface area contributed by atoms with E-state index in [0.29, 0.717) is 12.1 Å². The number of halogens is 3. The molecule has 0 saturated heterocycles. The first kappa shape index (κ1) is 17.8. The van der Waals surface area contributed by atoms with E-state index in [1.807, 2.05) is 0 Å². The van der Waals surface area contributed by atoms with Gasteiger partial charge >= 0.3 is 6.18 Å². The predicted molar refractivity (Wildman–Crippen MR) is 80.9 cm³/mol. The van der Waals surface area contributed by atoms with Crippen LogP contribution in [-0.4, -0.2) is 18.0 Å². The number of rotatable bonds is 8. The molecule has 2 N–H and O–H groups in total. The fourth-order valence-electron chi connectivity index (χ4n) is 2.27. The second-order valence-electron chi connectivity index (χ2n) is 5.40. The molecule has 0 heterocycles. The summed E-state index contributed by atoms with van der Waals surface area (Å²) in [4.78, 5) is 2.10. The predicted octanol–water partition coefficient (Wildman–Crippen LogP) is 4.69. The van der Waals surface area contributed by atoms with Gasteiger partial charge in [-0.05, 0) is 43.6 Å². The molecule has 0 fully saturated rings. The molecule has 5 heteroatoms. The first-order chi connectivity index (χ1) is 9.88. The lowest BCUT2D eigenvalue weighted by Gasteiger charge is -2.24. The molecule has 0 aromatic heterocycles. The third-order valence-corrected chi connectivity index (χ3v) is 3.49. The number of alkyl halides is 3. The smallest absolute Gasteiger partial charge is 0.399 e. The van der Waals surface area contributed by atoms with Crippen molar-refractivity contribution in [1.29, 1.82) is 0 Å². The van der Waals surface area contributed by atoms with Gasteiger partial charge in [-0.15, -0.1) is 0 Å². The highest BCUT2D eigenvalue weighted by atomic mass is 19.4. The van der Waals surface area contributed by atoms with Crippen LogP contribution in [0.4, 0.5) is 18.9 Å². The topological polar surface area (TPSA) is 29.3 Å². The maximum Gasteiger partial charge on any atom is 0.416 e. The SMILES string of the molecule is CCCCN(CCCC)Cc1ccc(N)cc1C(F)(F)F. The summed E-state index contributed by atoms with van der Waals surface area (Å²) in [7, 11) is 0. The van der Waals surface area contributed by atoms with E-state index in [1.165, 1.54) is 6.07 Å². The number of nitrogens with zero attached hydrogens (tertiary/aromatic N) is 1. The molecule has 1 aromatic carbocycles. The van der Waals surface area contributed by atoms with E-state index >= 15 is 0 Å². The molecule has 0 bridgehead atoms. The molecule has 1 aromatic rings. The zero-order chi connectivity index (χ0) is 15.9. The number of hydrogen-bond acceptors (Lipinski definition) is 2. The van der Waals surface area contributed by atoms with Crippen molar-refractivity contribution in [2.45, 2.75) is 52.3 Å². The molecule has 0 spiro atoms. The molecule has 0 aliphatic heterocycles. The molecule has 0 amide bonds. The zero-order valence-corrected chi connectivity index (χ0v) is 12.8. The summed E-state index contributed by atoms with van der Waals surface area (Å²) in [5.74, 6) is 0. The molecular weight excluding hydrogens is 277 g/mol. The second kappa shape index (κ2) is 8.27. The molecule has 0 radical (unpaired) electrons. The van der Waals surface area contributed by atoms with Crippen molar-refractivity contribution in [2.24, 2.45) is 0 Å². The van der Waals surface area contributed by atoms with E-state index < -0.39 is 11.7 Å². The Morgan fingerprint density at radius 3 is 2.10 bits per heavy atom. The van der Waals surface area contributed by atoms with E-state index in [2.05, 4.69) is 18.7 Å². The van der Waals surface area contributed by atoms with Gasteiger partial charge in [-0.2, -0.15) is 13.2 Å². The highest BCUT2D eigenvalue weighted by molar-refractivity contribution is 5.46. The highest BCUT2D eigenvalue weighted by Gasteiger charge is 2.33. The van der Waals surface area contributed by atoms with Crippen LogP contribution in [0.3, 0.4) is 0 Å². The first-order valence-corrected chi connectivity index (χ1v) is 7.56. The number of anilines is 1. The van der Waals surface area contributed by atoms with E-state index in [4.69, 9.17) is 5.73 Å². The van der Waals surface area contributed by atoms with Gasteiger partial charge in [-0.25, -0.2) is 0 Å². The van der Waals surface area contributed by atoms with E-state index in [-0.39, 0.29) is 5.69 Å². The van der Waals surface area contributed by atoms with Gasteiger partial charge in [0.2, 0.25) is 0 Å². The average molecular weight is 302 g/mol. The minimum atomic E-state index is -4.36.